The summed E-state index contributed by atoms with van der Waals surface area (Å²) in [7, 11) is 0. The zero-order chi connectivity index (χ0) is 15.2. The first-order valence-electron chi connectivity index (χ1n) is 7.04. The molecular formula is C16H20N2O2S. The van der Waals surface area contributed by atoms with E-state index in [-0.39, 0.29) is 18.6 Å². The lowest BCUT2D eigenvalue weighted by atomic mass is 10.1. The Labute approximate surface area is 128 Å². The SMILES string of the molecule is CCC(CO)NC(=O)Cc1ccc(-c2csc(C)n2)cc1. The third-order valence-corrected chi connectivity index (χ3v) is 4.09. The summed E-state index contributed by atoms with van der Waals surface area (Å²) in [5.74, 6) is -0.0619. The van der Waals surface area contributed by atoms with Crippen LogP contribution in [0.3, 0.4) is 0 Å². The molecule has 0 aliphatic heterocycles. The number of hydrogen-bond acceptors (Lipinski definition) is 4. The predicted molar refractivity (Wildman–Crippen MR) is 85.3 cm³/mol. The van der Waals surface area contributed by atoms with Crippen LogP contribution in [0.5, 0.6) is 0 Å². The molecule has 0 saturated heterocycles. The summed E-state index contributed by atoms with van der Waals surface area (Å²) in [6.45, 7) is 3.90. The summed E-state index contributed by atoms with van der Waals surface area (Å²) in [6, 6.07) is 7.71. The number of carbonyl (C=O) groups excluding carboxylic acids is 1. The monoisotopic (exact) mass is 304 g/mol. The highest BCUT2D eigenvalue weighted by molar-refractivity contribution is 7.09. The van der Waals surface area contributed by atoms with Crippen molar-refractivity contribution in [3.8, 4) is 11.3 Å². The number of aryl methyl sites for hydroxylation is 1. The summed E-state index contributed by atoms with van der Waals surface area (Å²) in [6.07, 6.45) is 1.05. The number of benzene rings is 1. The number of aliphatic hydroxyl groups excluding tert-OH is 1. The summed E-state index contributed by atoms with van der Waals surface area (Å²) in [5, 5.41) is 15.0. The summed E-state index contributed by atoms with van der Waals surface area (Å²) in [4.78, 5) is 16.3. The maximum atomic E-state index is 11.9. The van der Waals surface area contributed by atoms with Gasteiger partial charge in [-0.3, -0.25) is 4.79 Å². The van der Waals surface area contributed by atoms with Crippen molar-refractivity contribution in [2.24, 2.45) is 0 Å². The number of rotatable bonds is 6. The number of amides is 1. The van der Waals surface area contributed by atoms with E-state index in [2.05, 4.69) is 10.3 Å². The number of aliphatic hydroxyl groups is 1. The van der Waals surface area contributed by atoms with Gasteiger partial charge in [-0.2, -0.15) is 0 Å². The fourth-order valence-electron chi connectivity index (χ4n) is 2.03. The molecule has 0 bridgehead atoms. The molecule has 0 aliphatic rings. The third-order valence-electron chi connectivity index (χ3n) is 3.31. The van der Waals surface area contributed by atoms with Gasteiger partial charge in [-0.1, -0.05) is 31.2 Å². The van der Waals surface area contributed by atoms with Crippen molar-refractivity contribution < 1.29 is 9.90 Å². The van der Waals surface area contributed by atoms with Gasteiger partial charge in [-0.15, -0.1) is 11.3 Å². The Kier molecular flexibility index (Phi) is 5.47. The van der Waals surface area contributed by atoms with Crippen LogP contribution in [0.15, 0.2) is 29.6 Å². The van der Waals surface area contributed by atoms with Crippen LogP contribution >= 0.6 is 11.3 Å². The highest BCUT2D eigenvalue weighted by Crippen LogP contribution is 2.21. The molecule has 1 aromatic heterocycles. The lowest BCUT2D eigenvalue weighted by Gasteiger charge is -2.13. The Morgan fingerprint density at radius 1 is 1.38 bits per heavy atom. The fourth-order valence-corrected chi connectivity index (χ4v) is 2.65. The molecule has 0 saturated carbocycles. The molecule has 0 aliphatic carbocycles. The predicted octanol–water partition coefficient (Wildman–Crippen LogP) is 2.55. The second kappa shape index (κ2) is 7.33. The lowest BCUT2D eigenvalue weighted by Crippen LogP contribution is -2.37. The Balaban J connectivity index is 1.98. The number of nitrogens with zero attached hydrogens (tertiary/aromatic N) is 1. The molecule has 1 unspecified atom stereocenters. The molecule has 4 nitrogen and oxygen atoms in total. The molecule has 2 aromatic rings. The van der Waals surface area contributed by atoms with Gasteiger partial charge in [0.25, 0.3) is 0 Å². The Morgan fingerprint density at radius 2 is 2.10 bits per heavy atom. The van der Waals surface area contributed by atoms with Crippen molar-refractivity contribution in [1.82, 2.24) is 10.3 Å². The molecule has 21 heavy (non-hydrogen) atoms. The van der Waals surface area contributed by atoms with Crippen LogP contribution in [0, 0.1) is 6.92 Å². The molecule has 1 amide bonds. The molecule has 2 N–H and O–H groups in total. The normalized spacial score (nSPS) is 12.1. The van der Waals surface area contributed by atoms with E-state index in [9.17, 15) is 4.79 Å². The minimum atomic E-state index is -0.158. The number of nitrogens with one attached hydrogen (secondary N) is 1. The highest BCUT2D eigenvalue weighted by Gasteiger charge is 2.10. The quantitative estimate of drug-likeness (QED) is 0.862. The summed E-state index contributed by atoms with van der Waals surface area (Å²) < 4.78 is 0. The smallest absolute Gasteiger partial charge is 0.224 e. The van der Waals surface area contributed by atoms with Gasteiger partial charge >= 0.3 is 0 Å². The topological polar surface area (TPSA) is 62.2 Å². The zero-order valence-corrected chi connectivity index (χ0v) is 13.1. The molecule has 1 atom stereocenters. The van der Waals surface area contributed by atoms with Crippen LogP contribution in [-0.4, -0.2) is 28.6 Å². The molecule has 5 heteroatoms. The van der Waals surface area contributed by atoms with Crippen molar-refractivity contribution in [1.29, 1.82) is 0 Å². The van der Waals surface area contributed by atoms with Crippen LogP contribution in [0.1, 0.15) is 23.9 Å². The Morgan fingerprint density at radius 3 is 2.62 bits per heavy atom. The van der Waals surface area contributed by atoms with E-state index in [4.69, 9.17) is 5.11 Å². The Hall–Kier alpha value is -1.72. The molecular weight excluding hydrogens is 284 g/mol. The van der Waals surface area contributed by atoms with E-state index in [1.54, 1.807) is 11.3 Å². The molecule has 1 aromatic carbocycles. The standard InChI is InChI=1S/C16H20N2O2S/c1-3-14(9-19)18-16(20)8-12-4-6-13(7-5-12)15-10-21-11(2)17-15/h4-7,10,14,19H,3,8-9H2,1-2H3,(H,18,20). The number of hydrogen-bond donors (Lipinski definition) is 2. The third kappa shape index (κ3) is 4.37. The van der Waals surface area contributed by atoms with Crippen LogP contribution < -0.4 is 5.32 Å². The largest absolute Gasteiger partial charge is 0.394 e. The van der Waals surface area contributed by atoms with E-state index in [1.807, 2.05) is 43.5 Å². The van der Waals surface area contributed by atoms with Gasteiger partial charge in [0, 0.05) is 10.9 Å². The van der Waals surface area contributed by atoms with Crippen LogP contribution in [0.4, 0.5) is 0 Å². The van der Waals surface area contributed by atoms with Gasteiger partial charge < -0.3 is 10.4 Å². The molecule has 0 spiro atoms. The van der Waals surface area contributed by atoms with Gasteiger partial charge in [0.1, 0.15) is 0 Å². The van der Waals surface area contributed by atoms with E-state index >= 15 is 0 Å². The molecule has 1 heterocycles. The average Bonchev–Trinajstić information content (AvgIpc) is 2.92. The Bertz CT molecular complexity index is 589. The van der Waals surface area contributed by atoms with Crippen LogP contribution in [-0.2, 0) is 11.2 Å². The summed E-state index contributed by atoms with van der Waals surface area (Å²) >= 11 is 1.63. The maximum absolute atomic E-state index is 11.9. The van der Waals surface area contributed by atoms with Gasteiger partial charge in [0.15, 0.2) is 0 Å². The first kappa shape index (κ1) is 15.7. The van der Waals surface area contributed by atoms with Gasteiger partial charge in [0.05, 0.1) is 29.8 Å². The van der Waals surface area contributed by atoms with Gasteiger partial charge in [-0.25, -0.2) is 4.98 Å². The molecule has 112 valence electrons. The van der Waals surface area contributed by atoms with E-state index < -0.39 is 0 Å². The van der Waals surface area contributed by atoms with Crippen LogP contribution in [0.2, 0.25) is 0 Å². The van der Waals surface area contributed by atoms with Gasteiger partial charge in [0.2, 0.25) is 5.91 Å². The number of aromatic nitrogens is 1. The van der Waals surface area contributed by atoms with Crippen LogP contribution in [0.25, 0.3) is 11.3 Å². The minimum absolute atomic E-state index is 0.0235. The van der Waals surface area contributed by atoms with Crippen molar-refractivity contribution in [2.75, 3.05) is 6.61 Å². The average molecular weight is 304 g/mol. The second-order valence-corrected chi connectivity index (χ2v) is 6.04. The molecule has 0 radical (unpaired) electrons. The summed E-state index contributed by atoms with van der Waals surface area (Å²) in [5.41, 5.74) is 2.99. The van der Waals surface area contributed by atoms with Gasteiger partial charge in [-0.05, 0) is 18.9 Å². The number of carbonyl (C=O) groups is 1. The number of thiazole rings is 1. The van der Waals surface area contributed by atoms with Crippen molar-refractivity contribution in [2.45, 2.75) is 32.7 Å². The molecule has 0 fully saturated rings. The van der Waals surface area contributed by atoms with Crippen molar-refractivity contribution in [3.63, 3.8) is 0 Å². The zero-order valence-electron chi connectivity index (χ0n) is 12.3. The first-order chi connectivity index (χ1) is 10.1. The van der Waals surface area contributed by atoms with E-state index in [1.165, 1.54) is 0 Å². The first-order valence-corrected chi connectivity index (χ1v) is 7.92. The van der Waals surface area contributed by atoms with Crippen molar-refractivity contribution >= 4 is 17.2 Å². The lowest BCUT2D eigenvalue weighted by molar-refractivity contribution is -0.121. The fraction of sp³-hybridized carbons (Fsp3) is 0.375. The van der Waals surface area contributed by atoms with Crippen molar-refractivity contribution in [3.05, 3.63) is 40.2 Å². The van der Waals surface area contributed by atoms with E-state index in [0.29, 0.717) is 6.42 Å². The van der Waals surface area contributed by atoms with E-state index in [0.717, 1.165) is 28.2 Å². The molecule has 2 rings (SSSR count). The minimum Gasteiger partial charge on any atom is -0.394 e. The maximum Gasteiger partial charge on any atom is 0.224 e. The highest BCUT2D eigenvalue weighted by atomic mass is 32.1. The second-order valence-electron chi connectivity index (χ2n) is 4.98.